The fraction of sp³-hybridized carbons (Fsp3) is 0.200. The van der Waals surface area contributed by atoms with Crippen LogP contribution in [0.1, 0.15) is 32.2 Å². The van der Waals surface area contributed by atoms with Gasteiger partial charge in [0.05, 0.1) is 18.2 Å². The van der Waals surface area contributed by atoms with Gasteiger partial charge in [-0.05, 0) is 38.1 Å². The molecule has 2 aromatic rings. The van der Waals surface area contributed by atoms with Crippen LogP contribution in [0.2, 0.25) is 0 Å². The van der Waals surface area contributed by atoms with E-state index >= 15 is 0 Å². The average Bonchev–Trinajstić information content (AvgIpc) is 2.83. The van der Waals surface area contributed by atoms with Gasteiger partial charge in [0.15, 0.2) is 0 Å². The first-order valence-corrected chi connectivity index (χ1v) is 6.43. The average molecular weight is 306 g/mol. The van der Waals surface area contributed by atoms with E-state index in [9.17, 15) is 14.0 Å². The number of nitrogens with one attached hydrogen (secondary N) is 2. The summed E-state index contributed by atoms with van der Waals surface area (Å²) in [5.74, 6) is -0.587. The molecule has 116 valence electrons. The van der Waals surface area contributed by atoms with Gasteiger partial charge in [-0.2, -0.15) is 0 Å². The Morgan fingerprint density at radius 3 is 2.27 bits per heavy atom. The summed E-state index contributed by atoms with van der Waals surface area (Å²) in [6, 6.07) is 5.08. The number of rotatable bonds is 3. The number of hydrogen-bond donors (Lipinski definition) is 2. The molecular formula is C15H15FN2O4. The molecule has 0 saturated heterocycles. The zero-order valence-corrected chi connectivity index (χ0v) is 12.3. The molecule has 0 spiro atoms. The third-order valence-electron chi connectivity index (χ3n) is 2.98. The molecule has 2 rings (SSSR count). The van der Waals surface area contributed by atoms with Crippen LogP contribution < -0.4 is 15.6 Å². The Balaban J connectivity index is 2.08. The number of hydrazine groups is 1. The minimum Gasteiger partial charge on any atom is -0.496 e. The number of carbonyl (C=O) groups excluding carboxylic acids is 2. The van der Waals surface area contributed by atoms with Crippen LogP contribution in [-0.2, 0) is 0 Å². The Hall–Kier alpha value is -2.83. The van der Waals surface area contributed by atoms with Gasteiger partial charge in [-0.3, -0.25) is 20.4 Å². The molecule has 1 aromatic carbocycles. The van der Waals surface area contributed by atoms with Gasteiger partial charge >= 0.3 is 0 Å². The number of aryl methyl sites for hydroxylation is 2. The van der Waals surface area contributed by atoms with Crippen molar-refractivity contribution in [3.8, 4) is 5.75 Å². The van der Waals surface area contributed by atoms with E-state index in [0.717, 1.165) is 6.07 Å². The lowest BCUT2D eigenvalue weighted by Gasteiger charge is -2.10. The molecule has 0 fully saturated rings. The van der Waals surface area contributed by atoms with Crippen molar-refractivity contribution < 1.29 is 23.1 Å². The highest BCUT2D eigenvalue weighted by molar-refractivity contribution is 6.00. The molecular weight excluding hydrogens is 291 g/mol. The minimum absolute atomic E-state index is 0.0251. The fourth-order valence-corrected chi connectivity index (χ4v) is 1.96. The highest BCUT2D eigenvalue weighted by atomic mass is 19.1. The van der Waals surface area contributed by atoms with Crippen molar-refractivity contribution in [1.82, 2.24) is 10.9 Å². The lowest BCUT2D eigenvalue weighted by atomic mass is 10.2. The third-order valence-corrected chi connectivity index (χ3v) is 2.98. The molecule has 0 atom stereocenters. The van der Waals surface area contributed by atoms with Crippen molar-refractivity contribution >= 4 is 11.8 Å². The monoisotopic (exact) mass is 306 g/mol. The maximum Gasteiger partial charge on any atom is 0.273 e. The summed E-state index contributed by atoms with van der Waals surface area (Å²) >= 11 is 0. The first kappa shape index (κ1) is 15.6. The minimum atomic E-state index is -0.692. The van der Waals surface area contributed by atoms with Crippen molar-refractivity contribution in [2.24, 2.45) is 0 Å². The molecule has 0 aliphatic heterocycles. The molecule has 0 aliphatic carbocycles. The summed E-state index contributed by atoms with van der Waals surface area (Å²) in [5, 5.41) is 0. The fourth-order valence-electron chi connectivity index (χ4n) is 1.96. The summed E-state index contributed by atoms with van der Waals surface area (Å²) in [6.07, 6.45) is 0. The molecule has 1 heterocycles. The zero-order valence-electron chi connectivity index (χ0n) is 12.3. The molecule has 1 aromatic heterocycles. The van der Waals surface area contributed by atoms with E-state index < -0.39 is 17.6 Å². The van der Waals surface area contributed by atoms with E-state index in [4.69, 9.17) is 9.15 Å². The second-order valence-corrected chi connectivity index (χ2v) is 4.58. The van der Waals surface area contributed by atoms with Gasteiger partial charge in [-0.15, -0.1) is 0 Å². The molecule has 2 amide bonds. The SMILES string of the molecule is COc1ccc(F)cc1C(=O)NNC(=O)c1cc(C)oc1C. The lowest BCUT2D eigenvalue weighted by molar-refractivity contribution is 0.0843. The van der Waals surface area contributed by atoms with Gasteiger partial charge in [0.2, 0.25) is 0 Å². The first-order valence-electron chi connectivity index (χ1n) is 6.43. The van der Waals surface area contributed by atoms with Gasteiger partial charge in [0, 0.05) is 0 Å². The Bertz CT molecular complexity index is 724. The van der Waals surface area contributed by atoms with E-state index in [-0.39, 0.29) is 11.3 Å². The molecule has 0 radical (unpaired) electrons. The number of methoxy groups -OCH3 is 1. The number of carbonyl (C=O) groups is 2. The van der Waals surface area contributed by atoms with Crippen LogP contribution in [0.5, 0.6) is 5.75 Å². The Kier molecular flexibility index (Phi) is 4.45. The number of halogens is 1. The van der Waals surface area contributed by atoms with Gasteiger partial charge in [0.1, 0.15) is 23.1 Å². The predicted octanol–water partition coefficient (Wildman–Crippen LogP) is 2.12. The lowest BCUT2D eigenvalue weighted by Crippen LogP contribution is -2.41. The van der Waals surface area contributed by atoms with E-state index in [1.165, 1.54) is 19.2 Å². The Morgan fingerprint density at radius 2 is 1.73 bits per heavy atom. The van der Waals surface area contributed by atoms with Gasteiger partial charge in [-0.25, -0.2) is 4.39 Å². The van der Waals surface area contributed by atoms with Crippen LogP contribution in [0.25, 0.3) is 0 Å². The molecule has 22 heavy (non-hydrogen) atoms. The number of hydrogen-bond acceptors (Lipinski definition) is 4. The molecule has 2 N–H and O–H groups in total. The van der Waals surface area contributed by atoms with Crippen LogP contribution >= 0.6 is 0 Å². The molecule has 0 unspecified atom stereocenters. The second-order valence-electron chi connectivity index (χ2n) is 4.58. The molecule has 0 bridgehead atoms. The largest absolute Gasteiger partial charge is 0.496 e. The van der Waals surface area contributed by atoms with Crippen LogP contribution in [0, 0.1) is 19.7 Å². The van der Waals surface area contributed by atoms with Gasteiger partial charge < -0.3 is 9.15 Å². The number of furan rings is 1. The summed E-state index contributed by atoms with van der Waals surface area (Å²) in [5.41, 5.74) is 4.74. The quantitative estimate of drug-likeness (QED) is 0.851. The Morgan fingerprint density at radius 1 is 1.09 bits per heavy atom. The molecule has 0 aliphatic rings. The van der Waals surface area contributed by atoms with Crippen LogP contribution in [0.4, 0.5) is 4.39 Å². The second kappa shape index (κ2) is 6.30. The van der Waals surface area contributed by atoms with Crippen molar-refractivity contribution in [3.05, 3.63) is 52.7 Å². The molecule has 0 saturated carbocycles. The summed E-state index contributed by atoms with van der Waals surface area (Å²) in [7, 11) is 1.36. The van der Waals surface area contributed by atoms with Crippen LogP contribution in [-0.4, -0.2) is 18.9 Å². The summed E-state index contributed by atoms with van der Waals surface area (Å²) in [4.78, 5) is 24.0. The van der Waals surface area contributed by atoms with E-state index in [2.05, 4.69) is 10.9 Å². The third kappa shape index (κ3) is 3.25. The molecule has 7 heteroatoms. The van der Waals surface area contributed by atoms with Crippen LogP contribution in [0.15, 0.2) is 28.7 Å². The van der Waals surface area contributed by atoms with Crippen LogP contribution in [0.3, 0.4) is 0 Å². The van der Waals surface area contributed by atoms with Crippen molar-refractivity contribution in [3.63, 3.8) is 0 Å². The van der Waals surface area contributed by atoms with Gasteiger partial charge in [-0.1, -0.05) is 0 Å². The van der Waals surface area contributed by atoms with E-state index in [1.807, 2.05) is 0 Å². The predicted molar refractivity (Wildman–Crippen MR) is 76.1 cm³/mol. The smallest absolute Gasteiger partial charge is 0.273 e. The molecule has 6 nitrogen and oxygen atoms in total. The number of ether oxygens (including phenoxy) is 1. The number of benzene rings is 1. The maximum absolute atomic E-state index is 13.2. The first-order chi connectivity index (χ1) is 10.4. The summed E-state index contributed by atoms with van der Waals surface area (Å²) in [6.45, 7) is 3.35. The van der Waals surface area contributed by atoms with Gasteiger partial charge in [0.25, 0.3) is 11.8 Å². The highest BCUT2D eigenvalue weighted by Crippen LogP contribution is 2.19. The van der Waals surface area contributed by atoms with E-state index in [0.29, 0.717) is 17.1 Å². The maximum atomic E-state index is 13.2. The standard InChI is InChI=1S/C15H15FN2O4/c1-8-6-11(9(2)22-8)14(19)17-18-15(20)12-7-10(16)4-5-13(12)21-3/h4-7H,1-3H3,(H,17,19)(H,18,20). The van der Waals surface area contributed by atoms with Crippen molar-refractivity contribution in [2.45, 2.75) is 13.8 Å². The highest BCUT2D eigenvalue weighted by Gasteiger charge is 2.17. The Labute approximate surface area is 126 Å². The topological polar surface area (TPSA) is 80.6 Å². The summed E-state index contributed by atoms with van der Waals surface area (Å²) < 4.78 is 23.4. The van der Waals surface area contributed by atoms with Crippen molar-refractivity contribution in [2.75, 3.05) is 7.11 Å². The number of amides is 2. The van der Waals surface area contributed by atoms with Crippen molar-refractivity contribution in [1.29, 1.82) is 0 Å². The normalized spacial score (nSPS) is 10.2. The van der Waals surface area contributed by atoms with E-state index in [1.54, 1.807) is 19.9 Å². The zero-order chi connectivity index (χ0) is 16.3.